The minimum atomic E-state index is 0.0308. The summed E-state index contributed by atoms with van der Waals surface area (Å²) in [6, 6.07) is 4.05. The van der Waals surface area contributed by atoms with Gasteiger partial charge in [0.05, 0.1) is 5.69 Å². The van der Waals surface area contributed by atoms with Crippen molar-refractivity contribution in [1.82, 2.24) is 4.98 Å². The second-order valence-corrected chi connectivity index (χ2v) is 4.59. The summed E-state index contributed by atoms with van der Waals surface area (Å²) in [5.41, 5.74) is 8.07. The summed E-state index contributed by atoms with van der Waals surface area (Å²) in [6.45, 7) is 3.72. The second kappa shape index (κ2) is 4.72. The van der Waals surface area contributed by atoms with Crippen LogP contribution in [0.4, 0.5) is 0 Å². The van der Waals surface area contributed by atoms with Gasteiger partial charge in [-0.3, -0.25) is 4.98 Å². The van der Waals surface area contributed by atoms with E-state index < -0.39 is 0 Å². The molecule has 1 aromatic rings. The Kier molecular flexibility index (Phi) is 3.30. The zero-order chi connectivity index (χ0) is 12.4. The SMILES string of the molecule is Cc1cc(OC2CCCC2N)c(C#N)c(C)n1. The minimum Gasteiger partial charge on any atom is -0.487 e. The summed E-state index contributed by atoms with van der Waals surface area (Å²) >= 11 is 0. The molecule has 0 bridgehead atoms. The van der Waals surface area contributed by atoms with Crippen molar-refractivity contribution in [3.05, 3.63) is 23.0 Å². The van der Waals surface area contributed by atoms with Crippen LogP contribution in [0.3, 0.4) is 0 Å². The number of nitriles is 1. The van der Waals surface area contributed by atoms with Gasteiger partial charge in [0.2, 0.25) is 0 Å². The largest absolute Gasteiger partial charge is 0.487 e. The molecule has 4 heteroatoms. The van der Waals surface area contributed by atoms with Gasteiger partial charge in [-0.2, -0.15) is 5.26 Å². The van der Waals surface area contributed by atoms with Gasteiger partial charge in [-0.15, -0.1) is 0 Å². The molecular formula is C13H17N3O. The van der Waals surface area contributed by atoms with Gasteiger partial charge in [-0.05, 0) is 33.1 Å². The molecule has 0 aliphatic heterocycles. The van der Waals surface area contributed by atoms with Crippen LogP contribution >= 0.6 is 0 Å². The van der Waals surface area contributed by atoms with Gasteiger partial charge in [0.25, 0.3) is 0 Å². The highest BCUT2D eigenvalue weighted by molar-refractivity contribution is 5.46. The minimum absolute atomic E-state index is 0.0308. The Hall–Kier alpha value is -1.60. The zero-order valence-corrected chi connectivity index (χ0v) is 10.2. The smallest absolute Gasteiger partial charge is 0.141 e. The molecule has 17 heavy (non-hydrogen) atoms. The van der Waals surface area contributed by atoms with Crippen LogP contribution in [0.2, 0.25) is 0 Å². The molecule has 1 aromatic heterocycles. The highest BCUT2D eigenvalue weighted by Gasteiger charge is 2.26. The molecular weight excluding hydrogens is 214 g/mol. The van der Waals surface area contributed by atoms with E-state index in [4.69, 9.17) is 15.7 Å². The third-order valence-corrected chi connectivity index (χ3v) is 3.19. The number of nitrogens with two attached hydrogens (primary N) is 1. The normalized spacial score (nSPS) is 23.4. The molecule has 4 nitrogen and oxygen atoms in total. The van der Waals surface area contributed by atoms with Crippen LogP contribution in [0.25, 0.3) is 0 Å². The molecule has 90 valence electrons. The van der Waals surface area contributed by atoms with Gasteiger partial charge in [-0.1, -0.05) is 0 Å². The van der Waals surface area contributed by atoms with Gasteiger partial charge in [0, 0.05) is 17.8 Å². The van der Waals surface area contributed by atoms with Gasteiger partial charge in [0.15, 0.2) is 0 Å². The molecule has 1 heterocycles. The van der Waals surface area contributed by atoms with Crippen LogP contribution in [0.1, 0.15) is 36.2 Å². The number of pyridine rings is 1. The third-order valence-electron chi connectivity index (χ3n) is 3.19. The Labute approximate surface area is 101 Å². The van der Waals surface area contributed by atoms with E-state index in [1.54, 1.807) is 0 Å². The number of hydrogen-bond donors (Lipinski definition) is 1. The fourth-order valence-corrected chi connectivity index (χ4v) is 2.29. The molecule has 2 atom stereocenters. The standard InChI is InChI=1S/C13H17N3O/c1-8-6-13(10(7-14)9(2)16-8)17-12-5-3-4-11(12)15/h6,11-12H,3-5,15H2,1-2H3. The van der Waals surface area contributed by atoms with Crippen molar-refractivity contribution in [1.29, 1.82) is 5.26 Å². The first-order valence-electron chi connectivity index (χ1n) is 5.92. The van der Waals surface area contributed by atoms with E-state index in [-0.39, 0.29) is 12.1 Å². The number of ether oxygens (including phenoxy) is 1. The monoisotopic (exact) mass is 231 g/mol. The molecule has 0 radical (unpaired) electrons. The van der Waals surface area contributed by atoms with Crippen molar-refractivity contribution in [2.24, 2.45) is 5.73 Å². The molecule has 1 saturated carbocycles. The van der Waals surface area contributed by atoms with Crippen molar-refractivity contribution >= 4 is 0 Å². The van der Waals surface area contributed by atoms with Gasteiger partial charge in [0.1, 0.15) is 23.5 Å². The van der Waals surface area contributed by atoms with Crippen molar-refractivity contribution in [3.63, 3.8) is 0 Å². The van der Waals surface area contributed by atoms with E-state index in [1.807, 2.05) is 19.9 Å². The topological polar surface area (TPSA) is 71.9 Å². The van der Waals surface area contributed by atoms with E-state index in [0.717, 1.165) is 25.0 Å². The number of nitrogens with zero attached hydrogens (tertiary/aromatic N) is 2. The van der Waals surface area contributed by atoms with Crippen LogP contribution in [0, 0.1) is 25.2 Å². The lowest BCUT2D eigenvalue weighted by atomic mass is 10.1. The maximum Gasteiger partial charge on any atom is 0.141 e. The predicted molar refractivity (Wildman–Crippen MR) is 64.7 cm³/mol. The first kappa shape index (κ1) is 11.9. The summed E-state index contributed by atoms with van der Waals surface area (Å²) in [6.07, 6.45) is 3.09. The van der Waals surface area contributed by atoms with Crippen molar-refractivity contribution in [2.75, 3.05) is 0 Å². The number of rotatable bonds is 2. The molecule has 1 aliphatic rings. The lowest BCUT2D eigenvalue weighted by molar-refractivity contribution is 0.190. The van der Waals surface area contributed by atoms with Gasteiger partial charge < -0.3 is 10.5 Å². The quantitative estimate of drug-likeness (QED) is 0.842. The van der Waals surface area contributed by atoms with E-state index >= 15 is 0 Å². The Morgan fingerprint density at radius 1 is 1.47 bits per heavy atom. The second-order valence-electron chi connectivity index (χ2n) is 4.59. The molecule has 2 rings (SSSR count). The predicted octanol–water partition coefficient (Wildman–Crippen LogP) is 1.83. The van der Waals surface area contributed by atoms with Gasteiger partial charge >= 0.3 is 0 Å². The highest BCUT2D eigenvalue weighted by Crippen LogP contribution is 2.27. The lowest BCUT2D eigenvalue weighted by Crippen LogP contribution is -2.33. The molecule has 0 saturated heterocycles. The Morgan fingerprint density at radius 2 is 2.24 bits per heavy atom. The van der Waals surface area contributed by atoms with Crippen LogP contribution in [0.15, 0.2) is 6.07 Å². The molecule has 1 aliphatic carbocycles. The van der Waals surface area contributed by atoms with Crippen molar-refractivity contribution in [3.8, 4) is 11.8 Å². The maximum atomic E-state index is 9.13. The van der Waals surface area contributed by atoms with Crippen LogP contribution in [-0.2, 0) is 0 Å². The van der Waals surface area contributed by atoms with Crippen LogP contribution in [0.5, 0.6) is 5.75 Å². The molecule has 2 unspecified atom stereocenters. The average Bonchev–Trinajstić information content (AvgIpc) is 2.64. The van der Waals surface area contributed by atoms with E-state index in [9.17, 15) is 0 Å². The summed E-state index contributed by atoms with van der Waals surface area (Å²) in [4.78, 5) is 4.26. The molecule has 1 fully saturated rings. The fraction of sp³-hybridized carbons (Fsp3) is 0.538. The zero-order valence-electron chi connectivity index (χ0n) is 10.2. The van der Waals surface area contributed by atoms with Crippen LogP contribution in [-0.4, -0.2) is 17.1 Å². The average molecular weight is 231 g/mol. The first-order chi connectivity index (χ1) is 8.11. The van der Waals surface area contributed by atoms with E-state index in [1.165, 1.54) is 0 Å². The molecule has 0 amide bonds. The van der Waals surface area contributed by atoms with Crippen molar-refractivity contribution < 1.29 is 4.74 Å². The number of aromatic nitrogens is 1. The number of aryl methyl sites for hydroxylation is 2. The van der Waals surface area contributed by atoms with Gasteiger partial charge in [-0.25, -0.2) is 0 Å². The molecule has 0 aromatic carbocycles. The number of hydrogen-bond acceptors (Lipinski definition) is 4. The highest BCUT2D eigenvalue weighted by atomic mass is 16.5. The summed E-state index contributed by atoms with van der Waals surface area (Å²) in [5, 5.41) is 9.13. The fourth-order valence-electron chi connectivity index (χ4n) is 2.29. The third kappa shape index (κ3) is 2.40. The Bertz CT molecular complexity index is 464. The summed E-state index contributed by atoms with van der Waals surface area (Å²) in [5.74, 6) is 0.625. The maximum absolute atomic E-state index is 9.13. The van der Waals surface area contributed by atoms with Crippen molar-refractivity contribution in [2.45, 2.75) is 45.3 Å². The Morgan fingerprint density at radius 3 is 2.82 bits per heavy atom. The van der Waals surface area contributed by atoms with E-state index in [0.29, 0.717) is 17.0 Å². The lowest BCUT2D eigenvalue weighted by Gasteiger charge is -2.19. The van der Waals surface area contributed by atoms with E-state index in [2.05, 4.69) is 11.1 Å². The Balaban J connectivity index is 2.29. The molecule has 2 N–H and O–H groups in total. The molecule has 0 spiro atoms. The summed E-state index contributed by atoms with van der Waals surface area (Å²) < 4.78 is 5.88. The first-order valence-corrected chi connectivity index (χ1v) is 5.92. The van der Waals surface area contributed by atoms with Crippen LogP contribution < -0.4 is 10.5 Å². The summed E-state index contributed by atoms with van der Waals surface area (Å²) in [7, 11) is 0.